The van der Waals surface area contributed by atoms with Gasteiger partial charge in [-0.05, 0) is 25.1 Å². The molecule has 1 aromatic carbocycles. The molecule has 2 nitrogen and oxygen atoms in total. The van der Waals surface area contributed by atoms with Crippen molar-refractivity contribution >= 4 is 40.9 Å². The summed E-state index contributed by atoms with van der Waals surface area (Å²) in [5.74, 6) is -0.369. The van der Waals surface area contributed by atoms with Gasteiger partial charge in [0.25, 0.3) is 0 Å². The predicted octanol–water partition coefficient (Wildman–Crippen LogP) is 2.96. The predicted molar refractivity (Wildman–Crippen MR) is 61.0 cm³/mol. The van der Waals surface area contributed by atoms with Gasteiger partial charge in [0.05, 0.1) is 10.3 Å². The van der Waals surface area contributed by atoms with E-state index >= 15 is 0 Å². The molecule has 0 aliphatic carbocycles. The Morgan fingerprint density at radius 2 is 2.14 bits per heavy atom. The highest BCUT2D eigenvalue weighted by molar-refractivity contribution is 8.00. The van der Waals surface area contributed by atoms with Crippen molar-refractivity contribution in [3.05, 3.63) is 28.2 Å². The van der Waals surface area contributed by atoms with Crippen LogP contribution in [0.15, 0.2) is 23.1 Å². The second kappa shape index (κ2) is 4.91. The third-order valence-corrected chi connectivity index (χ3v) is 3.45. The van der Waals surface area contributed by atoms with E-state index in [1.54, 1.807) is 25.1 Å². The van der Waals surface area contributed by atoms with Crippen molar-refractivity contribution in [3.8, 4) is 0 Å². The van der Waals surface area contributed by atoms with E-state index in [-0.39, 0.29) is 11.2 Å². The molecule has 2 N–H and O–H groups in total. The number of thioether (sulfide) groups is 1. The SMILES string of the molecule is C[C@@H](Sc1cc(Cl)ccc1Cl)C(N)=O. The molecule has 0 heterocycles. The molecule has 0 aliphatic heterocycles. The Bertz CT molecular complexity index is 357. The van der Waals surface area contributed by atoms with Gasteiger partial charge in [0, 0.05) is 9.92 Å². The third kappa shape index (κ3) is 3.08. The zero-order valence-electron chi connectivity index (χ0n) is 7.46. The van der Waals surface area contributed by atoms with Gasteiger partial charge in [-0.3, -0.25) is 4.79 Å². The fraction of sp³-hybridized carbons (Fsp3) is 0.222. The highest BCUT2D eigenvalue weighted by atomic mass is 35.5. The van der Waals surface area contributed by atoms with Crippen LogP contribution in [0.2, 0.25) is 10.0 Å². The molecular weight excluding hydrogens is 241 g/mol. The van der Waals surface area contributed by atoms with Crippen molar-refractivity contribution in [1.82, 2.24) is 0 Å². The lowest BCUT2D eigenvalue weighted by molar-refractivity contribution is -0.117. The Labute approximate surface area is 96.8 Å². The molecule has 1 atom stereocenters. The zero-order chi connectivity index (χ0) is 10.7. The number of carbonyl (C=O) groups is 1. The standard InChI is InChI=1S/C9H9Cl2NOS/c1-5(9(12)13)14-8-4-6(10)2-3-7(8)11/h2-5H,1H3,(H2,12,13)/t5-/m1/s1. The molecule has 0 aromatic heterocycles. The minimum Gasteiger partial charge on any atom is -0.369 e. The molecule has 76 valence electrons. The number of primary amides is 1. The van der Waals surface area contributed by atoms with Crippen LogP contribution in [0.4, 0.5) is 0 Å². The molecule has 0 saturated heterocycles. The molecule has 1 aromatic rings. The Kier molecular flexibility index (Phi) is 4.11. The van der Waals surface area contributed by atoms with E-state index in [1.165, 1.54) is 11.8 Å². The van der Waals surface area contributed by atoms with Crippen molar-refractivity contribution in [2.24, 2.45) is 5.73 Å². The summed E-state index contributed by atoms with van der Waals surface area (Å²) in [6.45, 7) is 1.73. The Balaban J connectivity index is 2.85. The van der Waals surface area contributed by atoms with Crippen LogP contribution in [-0.4, -0.2) is 11.2 Å². The number of halogens is 2. The van der Waals surface area contributed by atoms with Gasteiger partial charge in [-0.25, -0.2) is 0 Å². The minimum atomic E-state index is -0.369. The number of hydrogen-bond donors (Lipinski definition) is 1. The lowest BCUT2D eigenvalue weighted by atomic mass is 10.4. The Morgan fingerprint density at radius 1 is 1.50 bits per heavy atom. The first-order valence-electron chi connectivity index (χ1n) is 3.91. The number of carbonyl (C=O) groups excluding carboxylic acids is 1. The van der Waals surface area contributed by atoms with E-state index in [9.17, 15) is 4.79 Å². The zero-order valence-corrected chi connectivity index (χ0v) is 9.79. The molecular formula is C9H9Cl2NOS. The van der Waals surface area contributed by atoms with Crippen LogP contribution in [0.1, 0.15) is 6.92 Å². The maximum Gasteiger partial charge on any atom is 0.230 e. The summed E-state index contributed by atoms with van der Waals surface area (Å²) in [6, 6.07) is 5.11. The van der Waals surface area contributed by atoms with Gasteiger partial charge in [0.1, 0.15) is 0 Å². The number of benzene rings is 1. The summed E-state index contributed by atoms with van der Waals surface area (Å²) < 4.78 is 0. The van der Waals surface area contributed by atoms with Crippen molar-refractivity contribution in [3.63, 3.8) is 0 Å². The number of hydrogen-bond acceptors (Lipinski definition) is 2. The molecule has 1 amide bonds. The van der Waals surface area contributed by atoms with E-state index in [1.807, 2.05) is 0 Å². The second-order valence-corrected chi connectivity index (χ2v) is 4.96. The summed E-state index contributed by atoms with van der Waals surface area (Å²) in [5.41, 5.74) is 5.14. The molecule has 0 bridgehead atoms. The maximum atomic E-state index is 10.8. The summed E-state index contributed by atoms with van der Waals surface area (Å²) in [6.07, 6.45) is 0. The molecule has 0 spiro atoms. The maximum absolute atomic E-state index is 10.8. The van der Waals surface area contributed by atoms with Crippen LogP contribution >= 0.6 is 35.0 Å². The van der Waals surface area contributed by atoms with Crippen LogP contribution < -0.4 is 5.73 Å². The van der Waals surface area contributed by atoms with Crippen LogP contribution in [0.5, 0.6) is 0 Å². The highest BCUT2D eigenvalue weighted by Gasteiger charge is 2.12. The second-order valence-electron chi connectivity index (χ2n) is 2.74. The van der Waals surface area contributed by atoms with Gasteiger partial charge in [-0.2, -0.15) is 0 Å². The first kappa shape index (κ1) is 11.7. The Morgan fingerprint density at radius 3 is 2.71 bits per heavy atom. The molecule has 0 radical (unpaired) electrons. The van der Waals surface area contributed by atoms with Gasteiger partial charge in [-0.15, -0.1) is 11.8 Å². The smallest absolute Gasteiger partial charge is 0.230 e. The largest absolute Gasteiger partial charge is 0.369 e. The number of amides is 1. The highest BCUT2D eigenvalue weighted by Crippen LogP contribution is 2.32. The van der Waals surface area contributed by atoms with E-state index < -0.39 is 0 Å². The summed E-state index contributed by atoms with van der Waals surface area (Å²) in [7, 11) is 0. The van der Waals surface area contributed by atoms with Crippen molar-refractivity contribution in [1.29, 1.82) is 0 Å². The average molecular weight is 250 g/mol. The van der Waals surface area contributed by atoms with Gasteiger partial charge in [-0.1, -0.05) is 23.2 Å². The fourth-order valence-electron chi connectivity index (χ4n) is 0.816. The summed E-state index contributed by atoms with van der Waals surface area (Å²) >= 11 is 13.0. The number of nitrogens with two attached hydrogens (primary N) is 1. The lowest BCUT2D eigenvalue weighted by Gasteiger charge is -2.08. The van der Waals surface area contributed by atoms with E-state index in [4.69, 9.17) is 28.9 Å². The fourth-order valence-corrected chi connectivity index (χ4v) is 2.18. The van der Waals surface area contributed by atoms with E-state index in [2.05, 4.69) is 0 Å². The first-order chi connectivity index (χ1) is 6.50. The van der Waals surface area contributed by atoms with Gasteiger partial charge in [0.15, 0.2) is 0 Å². The van der Waals surface area contributed by atoms with Crippen molar-refractivity contribution in [2.45, 2.75) is 17.1 Å². The lowest BCUT2D eigenvalue weighted by Crippen LogP contribution is -2.22. The molecule has 0 unspecified atom stereocenters. The molecule has 1 rings (SSSR count). The topological polar surface area (TPSA) is 43.1 Å². The minimum absolute atomic E-state index is 0.314. The Hall–Kier alpha value is -0.380. The van der Waals surface area contributed by atoms with Crippen molar-refractivity contribution in [2.75, 3.05) is 0 Å². The quantitative estimate of drug-likeness (QED) is 0.838. The van der Waals surface area contributed by atoms with Crippen LogP contribution in [-0.2, 0) is 4.79 Å². The third-order valence-electron chi connectivity index (χ3n) is 1.60. The van der Waals surface area contributed by atoms with Crippen LogP contribution in [0, 0.1) is 0 Å². The summed E-state index contributed by atoms with van der Waals surface area (Å²) in [4.78, 5) is 11.6. The average Bonchev–Trinajstić information content (AvgIpc) is 2.11. The van der Waals surface area contributed by atoms with Gasteiger partial charge >= 0.3 is 0 Å². The van der Waals surface area contributed by atoms with Crippen molar-refractivity contribution < 1.29 is 4.79 Å². The molecule has 0 fully saturated rings. The van der Waals surface area contributed by atoms with Crippen LogP contribution in [0.25, 0.3) is 0 Å². The summed E-state index contributed by atoms with van der Waals surface area (Å²) in [5, 5.41) is 0.854. The normalized spacial score (nSPS) is 12.5. The molecule has 0 aliphatic rings. The van der Waals surface area contributed by atoms with Gasteiger partial charge < -0.3 is 5.73 Å². The van der Waals surface area contributed by atoms with Crippen LogP contribution in [0.3, 0.4) is 0 Å². The monoisotopic (exact) mass is 249 g/mol. The van der Waals surface area contributed by atoms with E-state index in [0.717, 1.165) is 4.90 Å². The molecule has 14 heavy (non-hydrogen) atoms. The molecule has 0 saturated carbocycles. The number of rotatable bonds is 3. The first-order valence-corrected chi connectivity index (χ1v) is 5.55. The van der Waals surface area contributed by atoms with E-state index in [0.29, 0.717) is 10.0 Å². The molecule has 5 heteroatoms. The van der Waals surface area contributed by atoms with Gasteiger partial charge in [0.2, 0.25) is 5.91 Å².